The molecule has 2 aromatic carbocycles. The van der Waals surface area contributed by atoms with Gasteiger partial charge in [-0.3, -0.25) is 4.79 Å². The lowest BCUT2D eigenvalue weighted by molar-refractivity contribution is -0.116. The first kappa shape index (κ1) is 14.6. The molecular weight excluding hydrogens is 270 g/mol. The fourth-order valence-corrected chi connectivity index (χ4v) is 2.24. The standard InChI is InChI=1S/C17H18ClNO/c1-12-8-9-15(11-16(12)18)19-17(20)10-13(2)14-6-4-3-5-7-14/h3-9,11,13H,10H2,1-2H3,(H,19,20). The molecular formula is C17H18ClNO. The van der Waals surface area contributed by atoms with Gasteiger partial charge in [-0.05, 0) is 36.1 Å². The van der Waals surface area contributed by atoms with Crippen molar-refractivity contribution in [2.24, 2.45) is 0 Å². The van der Waals surface area contributed by atoms with Gasteiger partial charge < -0.3 is 5.32 Å². The fourth-order valence-electron chi connectivity index (χ4n) is 2.06. The highest BCUT2D eigenvalue weighted by Crippen LogP contribution is 2.22. The summed E-state index contributed by atoms with van der Waals surface area (Å²) in [6.45, 7) is 3.99. The van der Waals surface area contributed by atoms with Gasteiger partial charge in [0, 0.05) is 17.1 Å². The maximum Gasteiger partial charge on any atom is 0.224 e. The number of benzene rings is 2. The minimum atomic E-state index is 0.00118. The van der Waals surface area contributed by atoms with E-state index < -0.39 is 0 Å². The third kappa shape index (κ3) is 3.84. The molecule has 0 spiro atoms. The second-order valence-electron chi connectivity index (χ2n) is 5.03. The van der Waals surface area contributed by atoms with Crippen molar-refractivity contribution in [1.29, 1.82) is 0 Å². The van der Waals surface area contributed by atoms with Gasteiger partial charge in [-0.2, -0.15) is 0 Å². The molecule has 20 heavy (non-hydrogen) atoms. The number of hydrogen-bond acceptors (Lipinski definition) is 1. The van der Waals surface area contributed by atoms with Crippen molar-refractivity contribution >= 4 is 23.2 Å². The second-order valence-corrected chi connectivity index (χ2v) is 5.44. The average Bonchev–Trinajstić information content (AvgIpc) is 2.44. The van der Waals surface area contributed by atoms with Gasteiger partial charge in [0.25, 0.3) is 0 Å². The molecule has 2 aromatic rings. The van der Waals surface area contributed by atoms with E-state index in [9.17, 15) is 4.79 Å². The summed E-state index contributed by atoms with van der Waals surface area (Å²) in [4.78, 5) is 12.0. The Kier molecular flexibility index (Phi) is 4.80. The number of nitrogens with one attached hydrogen (secondary N) is 1. The van der Waals surface area contributed by atoms with E-state index in [0.29, 0.717) is 11.4 Å². The monoisotopic (exact) mass is 287 g/mol. The molecule has 0 aliphatic heterocycles. The molecule has 2 rings (SSSR count). The summed E-state index contributed by atoms with van der Waals surface area (Å²) in [5.41, 5.74) is 2.91. The van der Waals surface area contributed by atoms with Crippen LogP contribution in [0.3, 0.4) is 0 Å². The molecule has 0 fully saturated rings. The van der Waals surface area contributed by atoms with Crippen LogP contribution in [-0.2, 0) is 4.79 Å². The molecule has 1 atom stereocenters. The summed E-state index contributed by atoms with van der Waals surface area (Å²) >= 11 is 6.05. The predicted molar refractivity (Wildman–Crippen MR) is 84.3 cm³/mol. The highest BCUT2D eigenvalue weighted by molar-refractivity contribution is 6.31. The fraction of sp³-hybridized carbons (Fsp3) is 0.235. The van der Waals surface area contributed by atoms with Crippen molar-refractivity contribution in [2.45, 2.75) is 26.2 Å². The van der Waals surface area contributed by atoms with E-state index in [4.69, 9.17) is 11.6 Å². The van der Waals surface area contributed by atoms with Crippen LogP contribution in [0.25, 0.3) is 0 Å². The van der Waals surface area contributed by atoms with Gasteiger partial charge in [0.2, 0.25) is 5.91 Å². The SMILES string of the molecule is Cc1ccc(NC(=O)CC(C)c2ccccc2)cc1Cl. The van der Waals surface area contributed by atoms with Gasteiger partial charge in [-0.1, -0.05) is 54.9 Å². The number of amides is 1. The van der Waals surface area contributed by atoms with E-state index in [0.717, 1.165) is 11.3 Å². The summed E-state index contributed by atoms with van der Waals surface area (Å²) < 4.78 is 0. The number of carbonyl (C=O) groups is 1. The molecule has 1 amide bonds. The molecule has 2 nitrogen and oxygen atoms in total. The van der Waals surface area contributed by atoms with Crippen LogP contribution in [0, 0.1) is 6.92 Å². The highest BCUT2D eigenvalue weighted by Gasteiger charge is 2.11. The Labute approximate surface area is 124 Å². The van der Waals surface area contributed by atoms with Crippen molar-refractivity contribution in [3.8, 4) is 0 Å². The van der Waals surface area contributed by atoms with Crippen LogP contribution in [0.15, 0.2) is 48.5 Å². The maximum atomic E-state index is 12.0. The Morgan fingerprint density at radius 3 is 2.55 bits per heavy atom. The Bertz CT molecular complexity index is 595. The summed E-state index contributed by atoms with van der Waals surface area (Å²) in [5, 5.41) is 3.55. The lowest BCUT2D eigenvalue weighted by atomic mass is 9.97. The third-order valence-corrected chi connectivity index (χ3v) is 3.72. The van der Waals surface area contributed by atoms with Gasteiger partial charge in [0.05, 0.1) is 0 Å². The zero-order chi connectivity index (χ0) is 14.5. The van der Waals surface area contributed by atoms with E-state index in [1.807, 2.05) is 49.4 Å². The van der Waals surface area contributed by atoms with Crippen LogP contribution in [0.5, 0.6) is 0 Å². The molecule has 104 valence electrons. The van der Waals surface area contributed by atoms with E-state index >= 15 is 0 Å². The number of carbonyl (C=O) groups excluding carboxylic acids is 1. The molecule has 0 heterocycles. The lowest BCUT2D eigenvalue weighted by Gasteiger charge is -2.12. The van der Waals surface area contributed by atoms with Gasteiger partial charge in [-0.25, -0.2) is 0 Å². The van der Waals surface area contributed by atoms with Crippen LogP contribution in [-0.4, -0.2) is 5.91 Å². The molecule has 1 N–H and O–H groups in total. The van der Waals surface area contributed by atoms with Crippen molar-refractivity contribution in [3.63, 3.8) is 0 Å². The third-order valence-electron chi connectivity index (χ3n) is 3.32. The maximum absolute atomic E-state index is 12.0. The van der Waals surface area contributed by atoms with Crippen molar-refractivity contribution in [1.82, 2.24) is 0 Å². The van der Waals surface area contributed by atoms with Gasteiger partial charge >= 0.3 is 0 Å². The van der Waals surface area contributed by atoms with Crippen molar-refractivity contribution < 1.29 is 4.79 Å². The molecule has 0 bridgehead atoms. The zero-order valence-corrected chi connectivity index (χ0v) is 12.4. The minimum Gasteiger partial charge on any atom is -0.326 e. The predicted octanol–water partition coefficient (Wildman–Crippen LogP) is 4.78. The van der Waals surface area contributed by atoms with E-state index in [-0.39, 0.29) is 11.8 Å². The quantitative estimate of drug-likeness (QED) is 0.861. The Hall–Kier alpha value is -1.80. The first-order valence-electron chi connectivity index (χ1n) is 6.67. The zero-order valence-electron chi connectivity index (χ0n) is 11.7. The van der Waals surface area contributed by atoms with Gasteiger partial charge in [0.15, 0.2) is 0 Å². The van der Waals surface area contributed by atoms with Crippen molar-refractivity contribution in [3.05, 3.63) is 64.7 Å². The normalized spacial score (nSPS) is 11.9. The molecule has 0 aliphatic rings. The van der Waals surface area contributed by atoms with E-state index in [1.165, 1.54) is 5.56 Å². The molecule has 1 unspecified atom stereocenters. The Morgan fingerprint density at radius 2 is 1.90 bits per heavy atom. The van der Waals surface area contributed by atoms with Crippen LogP contribution >= 0.6 is 11.6 Å². The summed E-state index contributed by atoms with van der Waals surface area (Å²) in [6.07, 6.45) is 0.454. The average molecular weight is 288 g/mol. The first-order valence-corrected chi connectivity index (χ1v) is 7.05. The summed E-state index contributed by atoms with van der Waals surface area (Å²) in [5.74, 6) is 0.193. The number of rotatable bonds is 4. The van der Waals surface area contributed by atoms with Crippen molar-refractivity contribution in [2.75, 3.05) is 5.32 Å². The molecule has 0 aliphatic carbocycles. The molecule has 0 aromatic heterocycles. The van der Waals surface area contributed by atoms with Gasteiger partial charge in [-0.15, -0.1) is 0 Å². The Balaban J connectivity index is 1.97. The smallest absolute Gasteiger partial charge is 0.224 e. The topological polar surface area (TPSA) is 29.1 Å². The molecule has 0 saturated heterocycles. The number of aryl methyl sites for hydroxylation is 1. The second kappa shape index (κ2) is 6.58. The van der Waals surface area contributed by atoms with Crippen LogP contribution in [0.1, 0.15) is 30.4 Å². The van der Waals surface area contributed by atoms with Crippen LogP contribution in [0.2, 0.25) is 5.02 Å². The molecule has 0 radical (unpaired) electrons. The molecule has 3 heteroatoms. The Morgan fingerprint density at radius 1 is 1.20 bits per heavy atom. The highest BCUT2D eigenvalue weighted by atomic mass is 35.5. The minimum absolute atomic E-state index is 0.00118. The number of halogens is 1. The van der Waals surface area contributed by atoms with E-state index in [2.05, 4.69) is 12.2 Å². The summed E-state index contributed by atoms with van der Waals surface area (Å²) in [7, 11) is 0. The molecule has 0 saturated carbocycles. The van der Waals surface area contributed by atoms with Crippen LogP contribution in [0.4, 0.5) is 5.69 Å². The summed E-state index contributed by atoms with van der Waals surface area (Å²) in [6, 6.07) is 15.6. The number of anilines is 1. The van der Waals surface area contributed by atoms with Gasteiger partial charge in [0.1, 0.15) is 0 Å². The number of hydrogen-bond donors (Lipinski definition) is 1. The first-order chi connectivity index (χ1) is 9.56. The lowest BCUT2D eigenvalue weighted by Crippen LogP contribution is -2.14. The van der Waals surface area contributed by atoms with Crippen LogP contribution < -0.4 is 5.32 Å². The van der Waals surface area contributed by atoms with E-state index in [1.54, 1.807) is 6.07 Å². The largest absolute Gasteiger partial charge is 0.326 e.